The van der Waals surface area contributed by atoms with Crippen molar-refractivity contribution in [2.45, 2.75) is 0 Å². The zero-order valence-corrected chi connectivity index (χ0v) is 33.8. The Labute approximate surface area is 363 Å². The molecule has 0 spiro atoms. The first-order valence-electron chi connectivity index (χ1n) is 20.9. The highest BCUT2D eigenvalue weighted by atomic mass is 16.4. The van der Waals surface area contributed by atoms with Gasteiger partial charge in [-0.05, 0) is 63.9 Å². The van der Waals surface area contributed by atoms with Crippen LogP contribution < -0.4 is 4.57 Å². The fourth-order valence-electron chi connectivity index (χ4n) is 8.98. The third-order valence-corrected chi connectivity index (χ3v) is 11.9. The van der Waals surface area contributed by atoms with Gasteiger partial charge in [-0.3, -0.25) is 19.9 Å². The van der Waals surface area contributed by atoms with E-state index in [1.54, 1.807) is 31.2 Å². The van der Waals surface area contributed by atoms with Gasteiger partial charge in [-0.1, -0.05) is 109 Å². The molecule has 0 atom stereocenters. The van der Waals surface area contributed by atoms with Crippen LogP contribution in [0.2, 0.25) is 0 Å². The summed E-state index contributed by atoms with van der Waals surface area (Å²) in [5, 5.41) is 4.32. The molecule has 0 saturated carbocycles. The van der Waals surface area contributed by atoms with Crippen molar-refractivity contribution in [2.24, 2.45) is 0 Å². The van der Waals surface area contributed by atoms with Gasteiger partial charge in [0.15, 0.2) is 17.5 Å². The van der Waals surface area contributed by atoms with E-state index in [9.17, 15) is 0 Å². The fourth-order valence-corrected chi connectivity index (χ4v) is 8.98. The van der Waals surface area contributed by atoms with Crippen molar-refractivity contribution in [3.8, 4) is 62.1 Å². The molecule has 0 amide bonds. The lowest BCUT2D eigenvalue weighted by molar-refractivity contribution is -0.572. The van der Waals surface area contributed by atoms with Crippen LogP contribution in [0.25, 0.3) is 128 Å². The summed E-state index contributed by atoms with van der Waals surface area (Å²) in [5.74, 6) is 1.50. The quantitative estimate of drug-likeness (QED) is 0.151. The Kier molecular flexibility index (Phi) is 7.97. The van der Waals surface area contributed by atoms with Gasteiger partial charge in [0, 0.05) is 69.9 Å². The van der Waals surface area contributed by atoms with Crippen LogP contribution in [0.5, 0.6) is 0 Å². The molecule has 13 rings (SSSR count). The number of fused-ring (bicyclic) bond motifs is 8. The summed E-state index contributed by atoms with van der Waals surface area (Å²) >= 11 is 0. The highest BCUT2D eigenvalue weighted by Crippen LogP contribution is 2.42. The minimum atomic E-state index is 0.488. The number of hydrogen-bond donors (Lipinski definition) is 0. The Morgan fingerprint density at radius 3 is 1.66 bits per heavy atom. The van der Waals surface area contributed by atoms with E-state index >= 15 is 0 Å². The topological polar surface area (TPSA) is 120 Å². The number of para-hydroxylation sites is 4. The Balaban J connectivity index is 0.925. The first kappa shape index (κ1) is 35.7. The molecular formula is C54H31N8O2+. The number of nitrogens with zero attached hydrogens (tertiary/aromatic N) is 8. The molecule has 0 aliphatic rings. The first-order chi connectivity index (χ1) is 31.7. The van der Waals surface area contributed by atoms with Gasteiger partial charge in [-0.25, -0.2) is 15.0 Å². The largest absolute Gasteiger partial charge is 0.448 e. The number of oxazole rings is 1. The summed E-state index contributed by atoms with van der Waals surface area (Å²) in [6.07, 6.45) is 8.48. The van der Waals surface area contributed by atoms with E-state index in [2.05, 4.69) is 117 Å². The number of aromatic nitrogens is 8. The van der Waals surface area contributed by atoms with Crippen molar-refractivity contribution in [3.05, 3.63) is 189 Å². The van der Waals surface area contributed by atoms with Gasteiger partial charge >= 0.3 is 11.9 Å². The van der Waals surface area contributed by atoms with E-state index in [0.29, 0.717) is 28.5 Å². The number of hydrogen-bond acceptors (Lipinski definition) is 9. The Morgan fingerprint density at radius 2 is 0.938 bits per heavy atom. The molecule has 0 saturated heterocycles. The van der Waals surface area contributed by atoms with E-state index in [1.807, 2.05) is 65.2 Å². The molecule has 5 heterocycles. The van der Waals surface area contributed by atoms with Gasteiger partial charge in [0.25, 0.3) is 0 Å². The fraction of sp³-hybridized carbons (Fsp3) is 0. The molecular weight excluding hydrogens is 793 g/mol. The normalized spacial score (nSPS) is 11.8. The molecule has 10 nitrogen and oxygen atoms in total. The molecule has 0 radical (unpaired) electrons. The van der Waals surface area contributed by atoms with E-state index in [1.165, 1.54) is 0 Å². The molecule has 5 aromatic heterocycles. The third-order valence-electron chi connectivity index (χ3n) is 11.9. The van der Waals surface area contributed by atoms with Crippen LogP contribution in [0.1, 0.15) is 0 Å². The maximum Gasteiger partial charge on any atom is 0.341 e. The third kappa shape index (κ3) is 5.66. The zero-order valence-electron chi connectivity index (χ0n) is 33.8. The average Bonchev–Trinajstić information content (AvgIpc) is 3.98. The SMILES string of the molecule is c1ccc(-[n+]2coc3ccc4c5cccc(-c6ccc(-c7ccc(-c8nc(-c9cccc%10nccnc9%10)nc(-c9cccc%10nccnc9%10)n8)cc7)c7ccccc67)c5oc4c32)cc1. The van der Waals surface area contributed by atoms with Gasteiger partial charge in [0.05, 0.1) is 22.1 Å². The molecule has 13 aromatic rings. The second kappa shape index (κ2) is 14.3. The predicted molar refractivity (Wildman–Crippen MR) is 249 cm³/mol. The van der Waals surface area contributed by atoms with Crippen molar-refractivity contribution < 1.29 is 13.4 Å². The van der Waals surface area contributed by atoms with E-state index in [0.717, 1.165) is 99.5 Å². The smallest absolute Gasteiger partial charge is 0.341 e. The van der Waals surface area contributed by atoms with Crippen LogP contribution in [0.3, 0.4) is 0 Å². The van der Waals surface area contributed by atoms with Crippen molar-refractivity contribution in [3.63, 3.8) is 0 Å². The number of rotatable bonds is 6. The maximum atomic E-state index is 6.90. The van der Waals surface area contributed by atoms with Crippen LogP contribution in [0, 0.1) is 0 Å². The molecule has 0 aliphatic heterocycles. The van der Waals surface area contributed by atoms with Gasteiger partial charge in [-0.2, -0.15) is 0 Å². The number of furan rings is 1. The van der Waals surface area contributed by atoms with Gasteiger partial charge in [0.2, 0.25) is 16.9 Å². The second-order valence-electron chi connectivity index (χ2n) is 15.6. The lowest BCUT2D eigenvalue weighted by atomic mass is 9.91. The molecule has 0 bridgehead atoms. The number of benzene rings is 8. The summed E-state index contributed by atoms with van der Waals surface area (Å²) in [6.45, 7) is 0. The lowest BCUT2D eigenvalue weighted by Crippen LogP contribution is -2.28. The van der Waals surface area contributed by atoms with E-state index in [4.69, 9.17) is 23.8 Å². The summed E-state index contributed by atoms with van der Waals surface area (Å²) in [6, 6.07) is 53.7. The van der Waals surface area contributed by atoms with Gasteiger partial charge < -0.3 is 8.83 Å². The summed E-state index contributed by atoms with van der Waals surface area (Å²) in [7, 11) is 0. The Hall–Kier alpha value is -9.02. The second-order valence-corrected chi connectivity index (χ2v) is 15.6. The summed E-state index contributed by atoms with van der Waals surface area (Å²) < 4.78 is 15.0. The van der Waals surface area contributed by atoms with E-state index < -0.39 is 0 Å². The van der Waals surface area contributed by atoms with Crippen LogP contribution >= 0.6 is 0 Å². The minimum absolute atomic E-state index is 0.488. The van der Waals surface area contributed by atoms with Crippen molar-refractivity contribution in [2.75, 3.05) is 0 Å². The predicted octanol–water partition coefficient (Wildman–Crippen LogP) is 12.2. The Bertz CT molecular complexity index is 3870. The first-order valence-corrected chi connectivity index (χ1v) is 20.9. The monoisotopic (exact) mass is 823 g/mol. The molecule has 10 heteroatoms. The van der Waals surface area contributed by atoms with Crippen molar-refractivity contribution in [1.29, 1.82) is 0 Å². The zero-order chi connectivity index (χ0) is 42.1. The highest BCUT2D eigenvalue weighted by Gasteiger charge is 2.25. The highest BCUT2D eigenvalue weighted by molar-refractivity contribution is 6.17. The van der Waals surface area contributed by atoms with E-state index in [-0.39, 0.29) is 0 Å². The van der Waals surface area contributed by atoms with Crippen LogP contribution in [-0.4, -0.2) is 34.9 Å². The molecule has 64 heavy (non-hydrogen) atoms. The molecule has 0 fully saturated rings. The van der Waals surface area contributed by atoms with Gasteiger partial charge in [0.1, 0.15) is 5.58 Å². The minimum Gasteiger partial charge on any atom is -0.448 e. The van der Waals surface area contributed by atoms with Gasteiger partial charge in [-0.15, -0.1) is 4.57 Å². The van der Waals surface area contributed by atoms with Crippen LogP contribution in [0.15, 0.2) is 198 Å². The van der Waals surface area contributed by atoms with Crippen LogP contribution in [0.4, 0.5) is 0 Å². The summed E-state index contributed by atoms with van der Waals surface area (Å²) in [5.41, 5.74) is 13.8. The summed E-state index contributed by atoms with van der Waals surface area (Å²) in [4.78, 5) is 33.5. The van der Waals surface area contributed by atoms with Crippen molar-refractivity contribution in [1.82, 2.24) is 34.9 Å². The van der Waals surface area contributed by atoms with Crippen LogP contribution in [-0.2, 0) is 0 Å². The molecule has 0 aliphatic carbocycles. The average molecular weight is 824 g/mol. The molecule has 298 valence electrons. The molecule has 0 N–H and O–H groups in total. The lowest BCUT2D eigenvalue weighted by Gasteiger charge is -2.13. The Morgan fingerprint density at radius 1 is 0.375 bits per heavy atom. The standard InChI is InChI=1S/C54H31N8O2/c1-2-9-34(10-3-1)62-31-63-46-26-25-41-40-14-6-13-39(50(40)64-51(41)49(46)62)38-24-23-35(36-11-4-5-12-37(36)38)32-19-21-33(22-20-32)52-59-53(42-15-7-17-44-47(42)57-29-27-55-44)61-54(60-52)43-16-8-18-45-48(43)58-30-28-56-45/h1-31H/q+1. The molecule has 0 unspecified atom stereocenters. The van der Waals surface area contributed by atoms with Crippen molar-refractivity contribution >= 4 is 65.9 Å². The maximum absolute atomic E-state index is 6.90. The molecule has 8 aromatic carbocycles.